The van der Waals surface area contributed by atoms with Crippen LogP contribution in [0.5, 0.6) is 0 Å². The van der Waals surface area contributed by atoms with Crippen molar-refractivity contribution < 1.29 is 23.9 Å². The Kier molecular flexibility index (Phi) is 10.1. The van der Waals surface area contributed by atoms with E-state index in [1.807, 2.05) is 72.8 Å². The highest BCUT2D eigenvalue weighted by molar-refractivity contribution is 5.86. The first kappa shape index (κ1) is 25.7. The van der Waals surface area contributed by atoms with Gasteiger partial charge in [-0.15, -0.1) is 0 Å². The first-order chi connectivity index (χ1) is 17.0. The maximum absolute atomic E-state index is 12.4. The number of amides is 2. The van der Waals surface area contributed by atoms with Crippen LogP contribution in [0, 0.1) is 0 Å². The molecule has 7 nitrogen and oxygen atoms in total. The molecule has 0 aromatic heterocycles. The van der Waals surface area contributed by atoms with Gasteiger partial charge in [0, 0.05) is 19.4 Å². The Labute approximate surface area is 205 Å². The Bertz CT molecular complexity index is 1120. The number of esters is 1. The Morgan fingerprint density at radius 1 is 0.829 bits per heavy atom. The van der Waals surface area contributed by atoms with Crippen LogP contribution < -0.4 is 10.6 Å². The fourth-order valence-electron chi connectivity index (χ4n) is 3.76. The van der Waals surface area contributed by atoms with Crippen molar-refractivity contribution in [3.8, 4) is 0 Å². The van der Waals surface area contributed by atoms with Crippen molar-refractivity contribution in [2.75, 3.05) is 13.7 Å². The second-order valence-corrected chi connectivity index (χ2v) is 8.33. The van der Waals surface area contributed by atoms with E-state index in [9.17, 15) is 14.4 Å². The normalized spacial score (nSPS) is 11.5. The smallest absolute Gasteiger partial charge is 0.407 e. The van der Waals surface area contributed by atoms with Gasteiger partial charge in [0.1, 0.15) is 12.6 Å². The molecule has 3 aromatic rings. The van der Waals surface area contributed by atoms with Gasteiger partial charge in [-0.2, -0.15) is 0 Å². The van der Waals surface area contributed by atoms with Crippen molar-refractivity contribution in [1.82, 2.24) is 10.6 Å². The zero-order valence-corrected chi connectivity index (χ0v) is 20.0. The van der Waals surface area contributed by atoms with Gasteiger partial charge in [-0.3, -0.25) is 4.79 Å². The minimum atomic E-state index is -0.741. The average Bonchev–Trinajstić information content (AvgIpc) is 2.89. The average molecular weight is 477 g/mol. The van der Waals surface area contributed by atoms with Crippen LogP contribution >= 0.6 is 0 Å². The predicted octanol–water partition coefficient (Wildman–Crippen LogP) is 4.53. The maximum Gasteiger partial charge on any atom is 0.407 e. The zero-order valence-electron chi connectivity index (χ0n) is 20.0. The number of carbonyl (C=O) groups is 3. The van der Waals surface area contributed by atoms with Gasteiger partial charge < -0.3 is 20.1 Å². The summed E-state index contributed by atoms with van der Waals surface area (Å²) >= 11 is 0. The summed E-state index contributed by atoms with van der Waals surface area (Å²) in [4.78, 5) is 36.4. The Balaban J connectivity index is 1.34. The van der Waals surface area contributed by atoms with Crippen molar-refractivity contribution in [1.29, 1.82) is 0 Å². The molecule has 0 aliphatic heterocycles. The number of nitrogens with one attached hydrogen (secondary N) is 2. The van der Waals surface area contributed by atoms with Gasteiger partial charge in [-0.05, 0) is 34.7 Å². The summed E-state index contributed by atoms with van der Waals surface area (Å²) in [5.74, 6) is -0.666. The lowest BCUT2D eigenvalue weighted by atomic mass is 10.0. The molecule has 2 amide bonds. The maximum atomic E-state index is 12.4. The van der Waals surface area contributed by atoms with Gasteiger partial charge in [-0.1, -0.05) is 79.2 Å². The van der Waals surface area contributed by atoms with Crippen molar-refractivity contribution in [3.63, 3.8) is 0 Å². The molecule has 0 unspecified atom stereocenters. The van der Waals surface area contributed by atoms with Crippen molar-refractivity contribution in [3.05, 3.63) is 83.9 Å². The number of methoxy groups -OCH3 is 1. The van der Waals surface area contributed by atoms with Gasteiger partial charge >= 0.3 is 12.1 Å². The molecule has 0 spiro atoms. The van der Waals surface area contributed by atoms with Crippen LogP contribution in [0.4, 0.5) is 4.79 Å². The lowest BCUT2D eigenvalue weighted by Crippen LogP contribution is -2.43. The minimum absolute atomic E-state index is 0.198. The molecule has 0 heterocycles. The minimum Gasteiger partial charge on any atom is -0.467 e. The summed E-state index contributed by atoms with van der Waals surface area (Å²) in [6.07, 6.45) is 2.34. The third kappa shape index (κ3) is 8.77. The number of fused-ring (bicyclic) bond motifs is 1. The van der Waals surface area contributed by atoms with Crippen molar-refractivity contribution in [2.45, 2.75) is 44.8 Å². The molecular formula is C28H32N2O5. The Morgan fingerprint density at radius 3 is 2.34 bits per heavy atom. The standard InChI is InChI=1S/C28H32N2O5/c1-34-27(32)25(19-22-15-16-23-12-7-8-13-24(23)18-22)30-26(31)14-6-3-9-17-29-28(33)35-20-21-10-4-2-5-11-21/h2,4-5,7-8,10-13,15-16,18,25H,3,6,9,14,17,19-20H2,1H3,(H,29,33)(H,30,31)/t25-/m0/s1. The van der Waals surface area contributed by atoms with Gasteiger partial charge in [0.15, 0.2) is 0 Å². The Hall–Kier alpha value is -3.87. The van der Waals surface area contributed by atoms with Gasteiger partial charge in [0.2, 0.25) is 5.91 Å². The molecule has 184 valence electrons. The summed E-state index contributed by atoms with van der Waals surface area (Å²) in [6.45, 7) is 0.704. The molecule has 0 aliphatic carbocycles. The molecule has 0 saturated heterocycles. The molecule has 3 aromatic carbocycles. The summed E-state index contributed by atoms with van der Waals surface area (Å²) < 4.78 is 10.1. The van der Waals surface area contributed by atoms with E-state index in [0.717, 1.165) is 34.7 Å². The molecule has 0 bridgehead atoms. The van der Waals surface area contributed by atoms with E-state index < -0.39 is 18.1 Å². The molecule has 2 N–H and O–H groups in total. The van der Waals surface area contributed by atoms with E-state index in [4.69, 9.17) is 9.47 Å². The van der Waals surface area contributed by atoms with E-state index >= 15 is 0 Å². The van der Waals surface area contributed by atoms with Crippen LogP contribution in [0.2, 0.25) is 0 Å². The SMILES string of the molecule is COC(=O)[C@H](Cc1ccc2ccccc2c1)NC(=O)CCCCCNC(=O)OCc1ccccc1. The third-order valence-electron chi connectivity index (χ3n) is 5.64. The van der Waals surface area contributed by atoms with Gasteiger partial charge in [0.05, 0.1) is 7.11 Å². The first-order valence-electron chi connectivity index (χ1n) is 11.8. The summed E-state index contributed by atoms with van der Waals surface area (Å²) in [5, 5.41) is 7.72. The molecule has 0 aliphatic rings. The van der Waals surface area contributed by atoms with Crippen LogP contribution in [-0.2, 0) is 32.1 Å². The first-order valence-corrected chi connectivity index (χ1v) is 11.8. The fourth-order valence-corrected chi connectivity index (χ4v) is 3.76. The van der Waals surface area contributed by atoms with Crippen LogP contribution in [0.15, 0.2) is 72.8 Å². The molecular weight excluding hydrogens is 444 g/mol. The molecule has 7 heteroatoms. The highest BCUT2D eigenvalue weighted by Crippen LogP contribution is 2.17. The molecule has 0 saturated carbocycles. The molecule has 0 fully saturated rings. The largest absolute Gasteiger partial charge is 0.467 e. The number of alkyl carbamates (subject to hydrolysis) is 1. The quantitative estimate of drug-likeness (QED) is 0.296. The van der Waals surface area contributed by atoms with Crippen LogP contribution in [0.25, 0.3) is 10.8 Å². The third-order valence-corrected chi connectivity index (χ3v) is 5.64. The number of ether oxygens (including phenoxy) is 2. The molecule has 35 heavy (non-hydrogen) atoms. The van der Waals surface area contributed by atoms with E-state index in [-0.39, 0.29) is 12.5 Å². The van der Waals surface area contributed by atoms with E-state index in [1.54, 1.807) is 0 Å². The summed E-state index contributed by atoms with van der Waals surface area (Å²) in [6, 6.07) is 22.7. The number of hydrogen-bond donors (Lipinski definition) is 2. The van der Waals surface area contributed by atoms with Gasteiger partial charge in [0.25, 0.3) is 0 Å². The zero-order chi connectivity index (χ0) is 24.9. The van der Waals surface area contributed by atoms with Crippen LogP contribution in [0.3, 0.4) is 0 Å². The number of hydrogen-bond acceptors (Lipinski definition) is 5. The second-order valence-electron chi connectivity index (χ2n) is 8.33. The number of rotatable bonds is 12. The highest BCUT2D eigenvalue weighted by Gasteiger charge is 2.22. The number of benzene rings is 3. The van der Waals surface area contributed by atoms with Crippen LogP contribution in [0.1, 0.15) is 36.8 Å². The summed E-state index contributed by atoms with van der Waals surface area (Å²) in [5.41, 5.74) is 1.88. The number of carbonyl (C=O) groups excluding carboxylic acids is 3. The summed E-state index contributed by atoms with van der Waals surface area (Å²) in [7, 11) is 1.32. The predicted molar refractivity (Wildman–Crippen MR) is 135 cm³/mol. The molecule has 0 radical (unpaired) electrons. The number of unbranched alkanes of at least 4 members (excludes halogenated alkanes) is 2. The highest BCUT2D eigenvalue weighted by atomic mass is 16.5. The van der Waals surface area contributed by atoms with Crippen LogP contribution in [-0.4, -0.2) is 37.7 Å². The lowest BCUT2D eigenvalue weighted by molar-refractivity contribution is -0.145. The van der Waals surface area contributed by atoms with E-state index in [1.165, 1.54) is 7.11 Å². The van der Waals surface area contributed by atoms with Crippen molar-refractivity contribution in [2.24, 2.45) is 0 Å². The van der Waals surface area contributed by atoms with Gasteiger partial charge in [-0.25, -0.2) is 9.59 Å². The fraction of sp³-hybridized carbons (Fsp3) is 0.321. The van der Waals surface area contributed by atoms with Crippen molar-refractivity contribution >= 4 is 28.7 Å². The second kappa shape index (κ2) is 13.7. The monoisotopic (exact) mass is 476 g/mol. The van der Waals surface area contributed by atoms with E-state index in [2.05, 4.69) is 10.6 Å². The molecule has 1 atom stereocenters. The topological polar surface area (TPSA) is 93.7 Å². The Morgan fingerprint density at radius 2 is 1.57 bits per heavy atom. The van der Waals surface area contributed by atoms with E-state index in [0.29, 0.717) is 25.8 Å². The lowest BCUT2D eigenvalue weighted by Gasteiger charge is -2.17. The molecule has 3 rings (SSSR count).